The van der Waals surface area contributed by atoms with Gasteiger partial charge in [0.1, 0.15) is 5.84 Å². The molecule has 2 nitrogen and oxygen atoms in total. The molecule has 2 rings (SSSR count). The maximum atomic E-state index is 5.70. The first-order chi connectivity index (χ1) is 4.92. The maximum Gasteiger partial charge on any atom is 0.114 e. The molecule has 2 aliphatic rings. The number of nitrogens with zero attached hydrogens (tertiary/aromatic N) is 2. The zero-order valence-electron chi connectivity index (χ0n) is 5.89. The molecule has 0 saturated carbocycles. The summed E-state index contributed by atoms with van der Waals surface area (Å²) < 4.78 is 0. The Morgan fingerprint density at radius 3 is 3.40 bits per heavy atom. The van der Waals surface area contributed by atoms with Crippen molar-refractivity contribution >= 4 is 17.4 Å². The number of amidine groups is 1. The summed E-state index contributed by atoms with van der Waals surface area (Å²) in [5, 5.41) is 0. The van der Waals surface area contributed by atoms with Gasteiger partial charge in [-0.25, -0.2) is 0 Å². The summed E-state index contributed by atoms with van der Waals surface area (Å²) in [6, 6.07) is 0.703. The van der Waals surface area contributed by atoms with E-state index in [-0.39, 0.29) is 0 Å². The predicted molar refractivity (Wildman–Crippen MR) is 42.8 cm³/mol. The first kappa shape index (κ1) is 6.47. The highest BCUT2D eigenvalue weighted by Crippen LogP contribution is 2.22. The first-order valence-electron chi connectivity index (χ1n) is 3.78. The lowest BCUT2D eigenvalue weighted by Crippen LogP contribution is -2.31. The molecule has 0 aromatic rings. The fourth-order valence-electron chi connectivity index (χ4n) is 1.79. The quantitative estimate of drug-likeness (QED) is 0.522. The van der Waals surface area contributed by atoms with Crippen molar-refractivity contribution in [2.24, 2.45) is 4.99 Å². The molecule has 0 unspecified atom stereocenters. The van der Waals surface area contributed by atoms with Crippen LogP contribution in [-0.2, 0) is 0 Å². The van der Waals surface area contributed by atoms with Crippen LogP contribution in [0.4, 0.5) is 0 Å². The molecular formula is C7H11ClN2. The fourth-order valence-corrected chi connectivity index (χ4v) is 2.02. The van der Waals surface area contributed by atoms with E-state index in [9.17, 15) is 0 Å². The third-order valence-corrected chi connectivity index (χ3v) is 2.55. The zero-order valence-corrected chi connectivity index (χ0v) is 6.64. The lowest BCUT2D eigenvalue weighted by Gasteiger charge is -2.17. The number of aliphatic imine (C=N–C) groups is 1. The van der Waals surface area contributed by atoms with Crippen molar-refractivity contribution in [3.63, 3.8) is 0 Å². The summed E-state index contributed by atoms with van der Waals surface area (Å²) in [7, 11) is 0. The van der Waals surface area contributed by atoms with Crippen LogP contribution in [0.5, 0.6) is 0 Å². The summed E-state index contributed by atoms with van der Waals surface area (Å²) in [5.74, 6) is 1.71. The van der Waals surface area contributed by atoms with Gasteiger partial charge in [0.15, 0.2) is 0 Å². The molecule has 0 bridgehead atoms. The minimum Gasteiger partial charge on any atom is -0.355 e. The van der Waals surface area contributed by atoms with Crippen molar-refractivity contribution in [1.29, 1.82) is 0 Å². The van der Waals surface area contributed by atoms with Crippen LogP contribution in [0.1, 0.15) is 12.8 Å². The van der Waals surface area contributed by atoms with Crippen LogP contribution in [0.25, 0.3) is 0 Å². The lowest BCUT2D eigenvalue weighted by molar-refractivity contribution is 0.429. The molecule has 2 heterocycles. The van der Waals surface area contributed by atoms with Gasteiger partial charge in [-0.3, -0.25) is 4.99 Å². The molecule has 3 heteroatoms. The molecule has 1 atom stereocenters. The molecule has 2 aliphatic heterocycles. The van der Waals surface area contributed by atoms with Gasteiger partial charge in [-0.05, 0) is 12.8 Å². The van der Waals surface area contributed by atoms with Crippen molar-refractivity contribution in [1.82, 2.24) is 4.90 Å². The highest BCUT2D eigenvalue weighted by molar-refractivity contribution is 6.28. The first-order valence-corrected chi connectivity index (χ1v) is 4.31. The molecule has 1 fully saturated rings. The second kappa shape index (κ2) is 2.42. The van der Waals surface area contributed by atoms with Gasteiger partial charge in [0.2, 0.25) is 0 Å². The summed E-state index contributed by atoms with van der Waals surface area (Å²) in [5.41, 5.74) is 0. The maximum absolute atomic E-state index is 5.70. The molecule has 0 radical (unpaired) electrons. The highest BCUT2D eigenvalue weighted by atomic mass is 35.5. The molecule has 56 valence electrons. The predicted octanol–water partition coefficient (Wildman–Crippen LogP) is 1.10. The molecular weight excluding hydrogens is 148 g/mol. The SMILES string of the molecule is ClCC1=NC[C@@H]2CCCN12. The fraction of sp³-hybridized carbons (Fsp3) is 0.857. The second-order valence-corrected chi connectivity index (χ2v) is 3.15. The average molecular weight is 159 g/mol. The minimum absolute atomic E-state index is 0.594. The summed E-state index contributed by atoms with van der Waals surface area (Å²) in [6.07, 6.45) is 2.63. The number of halogens is 1. The van der Waals surface area contributed by atoms with Crippen LogP contribution in [0, 0.1) is 0 Å². The van der Waals surface area contributed by atoms with Crippen molar-refractivity contribution in [2.45, 2.75) is 18.9 Å². The van der Waals surface area contributed by atoms with E-state index in [1.165, 1.54) is 19.4 Å². The third kappa shape index (κ3) is 0.823. The Hall–Kier alpha value is -0.240. The third-order valence-electron chi connectivity index (χ3n) is 2.31. The Kier molecular flexibility index (Phi) is 1.57. The summed E-state index contributed by atoms with van der Waals surface area (Å²) in [4.78, 5) is 6.70. The van der Waals surface area contributed by atoms with Gasteiger partial charge in [-0.2, -0.15) is 0 Å². The van der Waals surface area contributed by atoms with E-state index in [4.69, 9.17) is 11.6 Å². The van der Waals surface area contributed by atoms with Gasteiger partial charge < -0.3 is 4.90 Å². The van der Waals surface area contributed by atoms with E-state index in [0.717, 1.165) is 12.4 Å². The molecule has 10 heavy (non-hydrogen) atoms. The van der Waals surface area contributed by atoms with E-state index >= 15 is 0 Å². The highest BCUT2D eigenvalue weighted by Gasteiger charge is 2.30. The van der Waals surface area contributed by atoms with Crippen molar-refractivity contribution < 1.29 is 0 Å². The Morgan fingerprint density at radius 2 is 2.60 bits per heavy atom. The van der Waals surface area contributed by atoms with Crippen LogP contribution >= 0.6 is 11.6 Å². The Morgan fingerprint density at radius 1 is 1.70 bits per heavy atom. The lowest BCUT2D eigenvalue weighted by atomic mass is 10.2. The summed E-state index contributed by atoms with van der Waals surface area (Å²) in [6.45, 7) is 2.16. The standard InChI is InChI=1S/C7H11ClN2/c8-4-7-9-5-6-2-1-3-10(6)7/h6H,1-5H2/t6-/m0/s1. The van der Waals surface area contributed by atoms with Crippen LogP contribution in [0.2, 0.25) is 0 Å². The zero-order chi connectivity index (χ0) is 6.97. The normalized spacial score (nSPS) is 30.7. The van der Waals surface area contributed by atoms with Crippen molar-refractivity contribution in [3.8, 4) is 0 Å². The van der Waals surface area contributed by atoms with Gasteiger partial charge in [-0.1, -0.05) is 0 Å². The molecule has 0 spiro atoms. The number of fused-ring (bicyclic) bond motifs is 1. The Bertz CT molecular complexity index is 167. The van der Waals surface area contributed by atoms with Gasteiger partial charge in [0, 0.05) is 12.6 Å². The van der Waals surface area contributed by atoms with Gasteiger partial charge in [0.05, 0.1) is 12.4 Å². The summed E-state index contributed by atoms with van der Waals surface area (Å²) >= 11 is 5.70. The number of rotatable bonds is 1. The number of hydrogen-bond donors (Lipinski definition) is 0. The molecule has 0 aromatic heterocycles. The average Bonchev–Trinajstić information content (AvgIpc) is 2.44. The molecule has 0 N–H and O–H groups in total. The number of hydrogen-bond acceptors (Lipinski definition) is 2. The van der Waals surface area contributed by atoms with Gasteiger partial charge in [-0.15, -0.1) is 11.6 Å². The van der Waals surface area contributed by atoms with Crippen LogP contribution in [-0.4, -0.2) is 35.7 Å². The topological polar surface area (TPSA) is 15.6 Å². The largest absolute Gasteiger partial charge is 0.355 e. The van der Waals surface area contributed by atoms with Gasteiger partial charge in [0.25, 0.3) is 0 Å². The van der Waals surface area contributed by atoms with Crippen LogP contribution < -0.4 is 0 Å². The molecule has 1 saturated heterocycles. The molecule has 0 aromatic carbocycles. The Labute approximate surface area is 65.9 Å². The van der Waals surface area contributed by atoms with Crippen molar-refractivity contribution in [2.75, 3.05) is 19.0 Å². The second-order valence-electron chi connectivity index (χ2n) is 2.88. The van der Waals surface area contributed by atoms with E-state index in [1.54, 1.807) is 0 Å². The molecule has 0 aliphatic carbocycles. The van der Waals surface area contributed by atoms with Crippen LogP contribution in [0.3, 0.4) is 0 Å². The van der Waals surface area contributed by atoms with E-state index in [0.29, 0.717) is 11.9 Å². The number of alkyl halides is 1. The molecule has 0 amide bonds. The van der Waals surface area contributed by atoms with Gasteiger partial charge >= 0.3 is 0 Å². The minimum atomic E-state index is 0.594. The van der Waals surface area contributed by atoms with E-state index < -0.39 is 0 Å². The smallest absolute Gasteiger partial charge is 0.114 e. The Balaban J connectivity index is 2.10. The van der Waals surface area contributed by atoms with Crippen LogP contribution in [0.15, 0.2) is 4.99 Å². The monoisotopic (exact) mass is 158 g/mol. The van der Waals surface area contributed by atoms with E-state index in [1.807, 2.05) is 0 Å². The van der Waals surface area contributed by atoms with Crippen molar-refractivity contribution in [3.05, 3.63) is 0 Å². The van der Waals surface area contributed by atoms with E-state index in [2.05, 4.69) is 9.89 Å².